The Labute approximate surface area is 89.7 Å². The largest absolute Gasteiger partial charge is 0.367 e. The molecule has 5 heteroatoms. The summed E-state index contributed by atoms with van der Waals surface area (Å²) in [5, 5.41) is 4.16. The first-order valence-electron chi connectivity index (χ1n) is 5.06. The Hall–Kier alpha value is -1.10. The molecule has 1 rings (SSSR count). The summed E-state index contributed by atoms with van der Waals surface area (Å²) >= 11 is 0. The molecule has 1 aliphatic rings. The van der Waals surface area contributed by atoms with Gasteiger partial charge in [-0.25, -0.2) is 4.79 Å². The van der Waals surface area contributed by atoms with Crippen LogP contribution in [0.2, 0.25) is 0 Å². The van der Waals surface area contributed by atoms with Gasteiger partial charge in [0, 0.05) is 6.04 Å². The van der Waals surface area contributed by atoms with Gasteiger partial charge in [0.05, 0.1) is 12.0 Å². The second-order valence-electron chi connectivity index (χ2n) is 4.92. The predicted molar refractivity (Wildman–Crippen MR) is 54.7 cm³/mol. The lowest BCUT2D eigenvalue weighted by Gasteiger charge is -2.31. The molecule has 1 saturated heterocycles. The van der Waals surface area contributed by atoms with Crippen LogP contribution < -0.4 is 5.32 Å². The Morgan fingerprint density at radius 1 is 1.53 bits per heavy atom. The van der Waals surface area contributed by atoms with E-state index in [1.54, 1.807) is 20.8 Å². The minimum absolute atomic E-state index is 0.0130. The van der Waals surface area contributed by atoms with Gasteiger partial charge in [0.2, 0.25) is 5.91 Å². The zero-order chi connectivity index (χ0) is 11.6. The lowest BCUT2D eigenvalue weighted by molar-refractivity contribution is -0.205. The van der Waals surface area contributed by atoms with Crippen LogP contribution in [0.1, 0.15) is 27.7 Å². The number of rotatable bonds is 1. The maximum Gasteiger partial charge on any atom is 0.330 e. The third-order valence-electron chi connectivity index (χ3n) is 2.03. The molecule has 0 aromatic rings. The highest BCUT2D eigenvalue weighted by Gasteiger charge is 2.29. The van der Waals surface area contributed by atoms with E-state index in [9.17, 15) is 9.59 Å². The van der Waals surface area contributed by atoms with E-state index >= 15 is 0 Å². The molecule has 1 unspecified atom stereocenters. The Morgan fingerprint density at radius 2 is 2.13 bits per heavy atom. The topological polar surface area (TPSA) is 58.6 Å². The van der Waals surface area contributed by atoms with Crippen LogP contribution in [0.25, 0.3) is 0 Å². The number of hydrogen-bond acceptors (Lipinski definition) is 4. The van der Waals surface area contributed by atoms with Crippen molar-refractivity contribution in [3.63, 3.8) is 0 Å². The van der Waals surface area contributed by atoms with Gasteiger partial charge >= 0.3 is 5.97 Å². The van der Waals surface area contributed by atoms with Gasteiger partial charge in [-0.15, -0.1) is 5.06 Å². The Kier molecular flexibility index (Phi) is 3.34. The summed E-state index contributed by atoms with van der Waals surface area (Å²) < 4.78 is 0. The number of hydrogen-bond donors (Lipinski definition) is 1. The molecular formula is C10H18N2O3. The molecule has 1 aliphatic heterocycles. The van der Waals surface area contributed by atoms with E-state index < -0.39 is 5.41 Å². The number of hydroxylamine groups is 2. The van der Waals surface area contributed by atoms with Crippen molar-refractivity contribution in [2.24, 2.45) is 5.41 Å². The Bertz CT molecular complexity index is 270. The number of carbonyl (C=O) groups excluding carboxylic acids is 2. The minimum Gasteiger partial charge on any atom is -0.367 e. The van der Waals surface area contributed by atoms with Gasteiger partial charge in [-0.2, -0.15) is 0 Å². The molecular weight excluding hydrogens is 196 g/mol. The van der Waals surface area contributed by atoms with Crippen molar-refractivity contribution >= 4 is 11.9 Å². The molecule has 1 atom stereocenters. The van der Waals surface area contributed by atoms with Crippen LogP contribution in [-0.2, 0) is 14.4 Å². The van der Waals surface area contributed by atoms with E-state index in [2.05, 4.69) is 5.32 Å². The molecule has 0 bridgehead atoms. The van der Waals surface area contributed by atoms with Crippen LogP contribution in [0.4, 0.5) is 0 Å². The molecule has 15 heavy (non-hydrogen) atoms. The molecule has 0 aliphatic carbocycles. The van der Waals surface area contributed by atoms with Crippen molar-refractivity contribution in [3.05, 3.63) is 0 Å². The van der Waals surface area contributed by atoms with Crippen LogP contribution in [0.5, 0.6) is 0 Å². The van der Waals surface area contributed by atoms with Gasteiger partial charge in [-0.05, 0) is 27.7 Å². The van der Waals surface area contributed by atoms with E-state index in [1.807, 2.05) is 6.92 Å². The number of amides is 1. The normalized spacial score (nSPS) is 23.5. The van der Waals surface area contributed by atoms with Gasteiger partial charge in [0.25, 0.3) is 0 Å². The standard InChI is InChI=1S/C10H18N2O3/c1-7-5-12(6-8(13)11-7)15-9(14)10(2,3)4/h7H,5-6H2,1-4H3,(H,11,13). The fraction of sp³-hybridized carbons (Fsp3) is 0.800. The third-order valence-corrected chi connectivity index (χ3v) is 2.03. The second kappa shape index (κ2) is 4.18. The predicted octanol–water partition coefficient (Wildman–Crippen LogP) is 0.311. The highest BCUT2D eigenvalue weighted by molar-refractivity contribution is 5.80. The molecule has 0 aromatic carbocycles. The Morgan fingerprint density at radius 3 is 2.60 bits per heavy atom. The summed E-state index contributed by atoms with van der Waals surface area (Å²) in [6.07, 6.45) is 0. The molecule has 0 saturated carbocycles. The number of carbonyl (C=O) groups is 2. The van der Waals surface area contributed by atoms with E-state index in [0.717, 1.165) is 0 Å². The summed E-state index contributed by atoms with van der Waals surface area (Å²) in [7, 11) is 0. The first kappa shape index (κ1) is 12.0. The lowest BCUT2D eigenvalue weighted by atomic mass is 9.98. The van der Waals surface area contributed by atoms with E-state index in [4.69, 9.17) is 4.84 Å². The fourth-order valence-corrected chi connectivity index (χ4v) is 1.22. The molecule has 1 heterocycles. The number of nitrogens with zero attached hydrogens (tertiary/aromatic N) is 1. The van der Waals surface area contributed by atoms with Crippen LogP contribution >= 0.6 is 0 Å². The maximum absolute atomic E-state index is 11.6. The highest BCUT2D eigenvalue weighted by Crippen LogP contribution is 2.16. The van der Waals surface area contributed by atoms with Crippen molar-refractivity contribution in [3.8, 4) is 0 Å². The van der Waals surface area contributed by atoms with Crippen molar-refractivity contribution < 1.29 is 14.4 Å². The number of nitrogens with one attached hydrogen (secondary N) is 1. The van der Waals surface area contributed by atoms with E-state index in [1.165, 1.54) is 5.06 Å². The lowest BCUT2D eigenvalue weighted by Crippen LogP contribution is -2.53. The van der Waals surface area contributed by atoms with Gasteiger partial charge in [0.15, 0.2) is 0 Å². The molecule has 0 spiro atoms. The molecule has 0 radical (unpaired) electrons. The monoisotopic (exact) mass is 214 g/mol. The van der Waals surface area contributed by atoms with Crippen molar-refractivity contribution in [1.29, 1.82) is 0 Å². The van der Waals surface area contributed by atoms with Crippen LogP contribution in [-0.4, -0.2) is 36.1 Å². The van der Waals surface area contributed by atoms with Gasteiger partial charge in [0.1, 0.15) is 6.54 Å². The summed E-state index contributed by atoms with van der Waals surface area (Å²) in [5.41, 5.74) is -0.544. The summed E-state index contributed by atoms with van der Waals surface area (Å²) in [4.78, 5) is 27.9. The average molecular weight is 214 g/mol. The van der Waals surface area contributed by atoms with Gasteiger partial charge < -0.3 is 10.2 Å². The summed E-state index contributed by atoms with van der Waals surface area (Å²) in [6.45, 7) is 7.86. The third kappa shape index (κ3) is 3.51. The fourth-order valence-electron chi connectivity index (χ4n) is 1.22. The van der Waals surface area contributed by atoms with Crippen molar-refractivity contribution in [2.75, 3.05) is 13.1 Å². The maximum atomic E-state index is 11.6. The zero-order valence-corrected chi connectivity index (χ0v) is 9.66. The Balaban J connectivity index is 2.52. The SMILES string of the molecule is CC1CN(OC(=O)C(C)(C)C)CC(=O)N1. The summed E-state index contributed by atoms with van der Waals surface area (Å²) in [5.74, 6) is -0.431. The molecule has 1 amide bonds. The first-order valence-corrected chi connectivity index (χ1v) is 5.06. The number of piperazine rings is 1. The smallest absolute Gasteiger partial charge is 0.330 e. The quantitative estimate of drug-likeness (QED) is 0.682. The highest BCUT2D eigenvalue weighted by atomic mass is 16.7. The van der Waals surface area contributed by atoms with Crippen LogP contribution in [0, 0.1) is 5.41 Å². The molecule has 86 valence electrons. The summed E-state index contributed by atoms with van der Waals surface area (Å²) in [6, 6.07) is 0.0130. The van der Waals surface area contributed by atoms with E-state index in [-0.39, 0.29) is 24.5 Å². The van der Waals surface area contributed by atoms with Crippen molar-refractivity contribution in [2.45, 2.75) is 33.7 Å². The van der Waals surface area contributed by atoms with Crippen LogP contribution in [0.3, 0.4) is 0 Å². The first-order chi connectivity index (χ1) is 6.79. The van der Waals surface area contributed by atoms with Gasteiger partial charge in [-0.3, -0.25) is 4.79 Å². The second-order valence-corrected chi connectivity index (χ2v) is 4.92. The van der Waals surface area contributed by atoms with E-state index in [0.29, 0.717) is 6.54 Å². The van der Waals surface area contributed by atoms with Crippen molar-refractivity contribution in [1.82, 2.24) is 10.4 Å². The zero-order valence-electron chi connectivity index (χ0n) is 9.66. The van der Waals surface area contributed by atoms with Crippen LogP contribution in [0.15, 0.2) is 0 Å². The molecule has 1 fully saturated rings. The average Bonchev–Trinajstić information content (AvgIpc) is 1.99. The molecule has 0 aromatic heterocycles. The molecule has 5 nitrogen and oxygen atoms in total. The molecule has 1 N–H and O–H groups in total. The van der Waals surface area contributed by atoms with Gasteiger partial charge in [-0.1, -0.05) is 0 Å². The minimum atomic E-state index is -0.544.